The molecule has 1 aromatic rings. The van der Waals surface area contributed by atoms with E-state index >= 15 is 0 Å². The molecular formula is C15H15NO6. The Morgan fingerprint density at radius 1 is 1.23 bits per heavy atom. The van der Waals surface area contributed by atoms with Gasteiger partial charge in [-0.25, -0.2) is 4.79 Å². The van der Waals surface area contributed by atoms with E-state index in [1.54, 1.807) is 13.8 Å². The molecule has 7 nitrogen and oxygen atoms in total. The first-order valence-electron chi connectivity index (χ1n) is 6.59. The summed E-state index contributed by atoms with van der Waals surface area (Å²) in [7, 11) is 0. The van der Waals surface area contributed by atoms with E-state index in [9.17, 15) is 19.7 Å². The Labute approximate surface area is 127 Å². The molecule has 0 saturated heterocycles. The molecule has 0 unspecified atom stereocenters. The number of nitrogens with zero attached hydrogens (tertiary/aromatic N) is 1. The van der Waals surface area contributed by atoms with E-state index in [2.05, 4.69) is 11.8 Å². The van der Waals surface area contributed by atoms with Crippen molar-refractivity contribution in [3.8, 4) is 11.8 Å². The molecule has 0 aliphatic heterocycles. The summed E-state index contributed by atoms with van der Waals surface area (Å²) < 4.78 is 9.48. The van der Waals surface area contributed by atoms with Crippen molar-refractivity contribution in [2.75, 3.05) is 13.2 Å². The van der Waals surface area contributed by atoms with Crippen LogP contribution in [0.3, 0.4) is 0 Å². The first-order valence-corrected chi connectivity index (χ1v) is 6.59. The van der Waals surface area contributed by atoms with Crippen molar-refractivity contribution in [2.24, 2.45) is 0 Å². The van der Waals surface area contributed by atoms with E-state index in [-0.39, 0.29) is 36.4 Å². The monoisotopic (exact) mass is 305 g/mol. The number of hydrogen-bond donors (Lipinski definition) is 0. The van der Waals surface area contributed by atoms with Gasteiger partial charge in [0, 0.05) is 6.07 Å². The van der Waals surface area contributed by atoms with E-state index in [0.29, 0.717) is 0 Å². The second kappa shape index (κ2) is 8.42. The lowest BCUT2D eigenvalue weighted by molar-refractivity contribution is -0.385. The van der Waals surface area contributed by atoms with E-state index in [1.165, 1.54) is 12.1 Å². The van der Waals surface area contributed by atoms with Gasteiger partial charge in [0.2, 0.25) is 0 Å². The Balaban J connectivity index is 3.01. The molecule has 0 saturated carbocycles. The number of ether oxygens (including phenoxy) is 2. The van der Waals surface area contributed by atoms with Gasteiger partial charge >= 0.3 is 11.9 Å². The summed E-state index contributed by atoms with van der Waals surface area (Å²) in [6, 6.07) is 3.84. The van der Waals surface area contributed by atoms with Gasteiger partial charge in [-0.3, -0.25) is 14.9 Å². The first-order chi connectivity index (χ1) is 10.5. The summed E-state index contributed by atoms with van der Waals surface area (Å²) in [4.78, 5) is 33.1. The summed E-state index contributed by atoms with van der Waals surface area (Å²) in [5, 5.41) is 11.0. The molecular weight excluding hydrogens is 290 g/mol. The molecule has 0 aromatic heterocycles. The predicted molar refractivity (Wildman–Crippen MR) is 77.2 cm³/mol. The van der Waals surface area contributed by atoms with Crippen LogP contribution in [0.1, 0.15) is 36.2 Å². The average Bonchev–Trinajstić information content (AvgIpc) is 2.47. The zero-order valence-corrected chi connectivity index (χ0v) is 12.3. The number of carbonyl (C=O) groups is 2. The number of nitro groups is 1. The quantitative estimate of drug-likeness (QED) is 0.357. The van der Waals surface area contributed by atoms with Crippen LogP contribution in [-0.2, 0) is 14.3 Å². The Hall–Kier alpha value is -2.88. The van der Waals surface area contributed by atoms with Crippen molar-refractivity contribution in [2.45, 2.75) is 20.3 Å². The molecule has 7 heteroatoms. The lowest BCUT2D eigenvalue weighted by atomic mass is 10.1. The molecule has 0 N–H and O–H groups in total. The molecule has 0 fully saturated rings. The van der Waals surface area contributed by atoms with Crippen LogP contribution in [0.5, 0.6) is 0 Å². The lowest BCUT2D eigenvalue weighted by Crippen LogP contribution is -2.06. The number of benzene rings is 1. The van der Waals surface area contributed by atoms with Gasteiger partial charge in [-0.2, -0.15) is 0 Å². The second-order valence-electron chi connectivity index (χ2n) is 3.99. The minimum absolute atomic E-state index is 0.0736. The topological polar surface area (TPSA) is 95.7 Å². The van der Waals surface area contributed by atoms with Gasteiger partial charge in [0.25, 0.3) is 5.69 Å². The minimum Gasteiger partial charge on any atom is -0.465 e. The van der Waals surface area contributed by atoms with E-state index in [1.807, 2.05) is 0 Å². The smallest absolute Gasteiger partial charge is 0.338 e. The molecule has 0 amide bonds. The van der Waals surface area contributed by atoms with Gasteiger partial charge in [-0.05, 0) is 26.0 Å². The fourth-order valence-electron chi connectivity index (χ4n) is 1.55. The molecule has 0 aliphatic carbocycles. The van der Waals surface area contributed by atoms with E-state index in [4.69, 9.17) is 9.47 Å². The van der Waals surface area contributed by atoms with Crippen molar-refractivity contribution in [3.63, 3.8) is 0 Å². The first kappa shape index (κ1) is 17.2. The maximum absolute atomic E-state index is 11.6. The van der Waals surface area contributed by atoms with Crippen LogP contribution in [0.25, 0.3) is 0 Å². The molecule has 1 rings (SSSR count). The molecule has 0 atom stereocenters. The molecule has 0 radical (unpaired) electrons. The van der Waals surface area contributed by atoms with E-state index < -0.39 is 16.9 Å². The standard InChI is InChI=1S/C15H15NO6/c1-3-21-14(17)7-5-6-11-8-9-12(15(18)22-4-2)10-13(11)16(19)20/h8-10H,3-4,7H2,1-2H3. The van der Waals surface area contributed by atoms with Gasteiger partial charge in [0.05, 0.1) is 23.7 Å². The molecule has 116 valence electrons. The van der Waals surface area contributed by atoms with Gasteiger partial charge in [-0.1, -0.05) is 11.8 Å². The van der Waals surface area contributed by atoms with Gasteiger partial charge in [0.1, 0.15) is 12.0 Å². The number of hydrogen-bond acceptors (Lipinski definition) is 6. The van der Waals surface area contributed by atoms with Crippen LogP contribution < -0.4 is 0 Å². The van der Waals surface area contributed by atoms with Crippen molar-refractivity contribution in [1.29, 1.82) is 0 Å². The van der Waals surface area contributed by atoms with Crippen molar-refractivity contribution in [1.82, 2.24) is 0 Å². The van der Waals surface area contributed by atoms with Gasteiger partial charge in [-0.15, -0.1) is 0 Å². The van der Waals surface area contributed by atoms with Crippen LogP contribution in [0, 0.1) is 22.0 Å². The summed E-state index contributed by atoms with van der Waals surface area (Å²) in [5.41, 5.74) is -0.131. The molecule has 22 heavy (non-hydrogen) atoms. The third-order valence-corrected chi connectivity index (χ3v) is 2.47. The highest BCUT2D eigenvalue weighted by Crippen LogP contribution is 2.20. The maximum atomic E-state index is 11.6. The highest BCUT2D eigenvalue weighted by molar-refractivity contribution is 5.90. The maximum Gasteiger partial charge on any atom is 0.338 e. The SMILES string of the molecule is CCOC(=O)CC#Cc1ccc(C(=O)OCC)cc1[N+](=O)[O-]. The van der Waals surface area contributed by atoms with Crippen LogP contribution in [-0.4, -0.2) is 30.1 Å². The summed E-state index contributed by atoms with van der Waals surface area (Å²) >= 11 is 0. The molecule has 0 heterocycles. The van der Waals surface area contributed by atoms with Crippen LogP contribution in [0.4, 0.5) is 5.69 Å². The van der Waals surface area contributed by atoms with Crippen molar-refractivity contribution < 1.29 is 24.0 Å². The van der Waals surface area contributed by atoms with E-state index in [0.717, 1.165) is 6.07 Å². The van der Waals surface area contributed by atoms with Crippen molar-refractivity contribution in [3.05, 3.63) is 39.4 Å². The Kier molecular flexibility index (Phi) is 6.57. The molecule has 1 aromatic carbocycles. The molecule has 0 aliphatic rings. The third kappa shape index (κ3) is 4.90. The second-order valence-corrected chi connectivity index (χ2v) is 3.99. The zero-order chi connectivity index (χ0) is 16.5. The highest BCUT2D eigenvalue weighted by atomic mass is 16.6. The van der Waals surface area contributed by atoms with Crippen LogP contribution in [0.15, 0.2) is 18.2 Å². The predicted octanol–water partition coefficient (Wildman–Crippen LogP) is 2.08. The molecule has 0 bridgehead atoms. The zero-order valence-electron chi connectivity index (χ0n) is 12.3. The Morgan fingerprint density at radius 3 is 2.50 bits per heavy atom. The Bertz CT molecular complexity index is 641. The normalized spacial score (nSPS) is 9.36. The van der Waals surface area contributed by atoms with Gasteiger partial charge in [0.15, 0.2) is 0 Å². The van der Waals surface area contributed by atoms with Crippen molar-refractivity contribution >= 4 is 17.6 Å². The molecule has 0 spiro atoms. The number of esters is 2. The largest absolute Gasteiger partial charge is 0.465 e. The van der Waals surface area contributed by atoms with Crippen LogP contribution >= 0.6 is 0 Å². The average molecular weight is 305 g/mol. The van der Waals surface area contributed by atoms with Crippen LogP contribution in [0.2, 0.25) is 0 Å². The summed E-state index contributed by atoms with van der Waals surface area (Å²) in [6.45, 7) is 3.73. The lowest BCUT2D eigenvalue weighted by Gasteiger charge is -2.02. The minimum atomic E-state index is -0.642. The Morgan fingerprint density at radius 2 is 1.91 bits per heavy atom. The third-order valence-electron chi connectivity index (χ3n) is 2.47. The van der Waals surface area contributed by atoms with Gasteiger partial charge < -0.3 is 9.47 Å². The summed E-state index contributed by atoms with van der Waals surface area (Å²) in [6.07, 6.45) is -0.162. The number of rotatable bonds is 5. The number of carbonyl (C=O) groups excluding carboxylic acids is 2. The highest BCUT2D eigenvalue weighted by Gasteiger charge is 2.17. The summed E-state index contributed by atoms with van der Waals surface area (Å²) in [5.74, 6) is 3.91. The fourth-order valence-corrected chi connectivity index (χ4v) is 1.55. The fraction of sp³-hybridized carbons (Fsp3) is 0.333. The number of nitro benzene ring substituents is 1.